The summed E-state index contributed by atoms with van der Waals surface area (Å²) in [6.45, 7) is 1.11. The summed E-state index contributed by atoms with van der Waals surface area (Å²) in [5.41, 5.74) is 1.03. The fourth-order valence-corrected chi connectivity index (χ4v) is 3.34. The summed E-state index contributed by atoms with van der Waals surface area (Å²) >= 11 is 0. The Hall–Kier alpha value is -3.07. The largest absolute Gasteiger partial charge is 0.490 e. The molecular weight excluding hydrogens is 354 g/mol. The zero-order valence-electron chi connectivity index (χ0n) is 15.0. The number of hydrogen-bond acceptors (Lipinski definition) is 7. The average Bonchev–Trinajstić information content (AvgIpc) is 3.06. The van der Waals surface area contributed by atoms with E-state index in [1.54, 1.807) is 6.20 Å². The Labute approximate surface area is 154 Å². The summed E-state index contributed by atoms with van der Waals surface area (Å²) in [6, 6.07) is 0. The molecule has 0 spiro atoms. The van der Waals surface area contributed by atoms with Crippen LogP contribution in [-0.4, -0.2) is 48.0 Å². The molecule has 0 radical (unpaired) electrons. The van der Waals surface area contributed by atoms with Gasteiger partial charge in [0.05, 0.1) is 13.7 Å². The molecule has 4 rings (SSSR count). The fourth-order valence-electron chi connectivity index (χ4n) is 3.34. The lowest BCUT2D eigenvalue weighted by Crippen LogP contribution is -2.20. The van der Waals surface area contributed by atoms with Crippen molar-refractivity contribution in [2.75, 3.05) is 27.4 Å². The minimum absolute atomic E-state index is 0.0650. The van der Waals surface area contributed by atoms with Crippen molar-refractivity contribution in [3.63, 3.8) is 0 Å². The maximum absolute atomic E-state index is 12.7. The van der Waals surface area contributed by atoms with Crippen LogP contribution in [0.1, 0.15) is 34.1 Å². The number of esters is 1. The Kier molecular flexibility index (Phi) is 4.44. The van der Waals surface area contributed by atoms with Gasteiger partial charge in [-0.25, -0.2) is 9.31 Å². The predicted molar refractivity (Wildman–Crippen MR) is 93.3 cm³/mol. The van der Waals surface area contributed by atoms with E-state index in [4.69, 9.17) is 18.9 Å². The van der Waals surface area contributed by atoms with Crippen LogP contribution in [0.15, 0.2) is 34.7 Å². The van der Waals surface area contributed by atoms with Crippen molar-refractivity contribution in [2.24, 2.45) is 0 Å². The maximum atomic E-state index is 12.7. The van der Waals surface area contributed by atoms with Gasteiger partial charge in [0.25, 0.3) is 5.56 Å². The van der Waals surface area contributed by atoms with Gasteiger partial charge in [0.1, 0.15) is 24.5 Å². The lowest BCUT2D eigenvalue weighted by molar-refractivity contribution is 0.0589. The first-order valence-electron chi connectivity index (χ1n) is 8.51. The van der Waals surface area contributed by atoms with Gasteiger partial charge < -0.3 is 23.9 Å². The molecule has 0 saturated heterocycles. The van der Waals surface area contributed by atoms with Crippen LogP contribution in [0.25, 0.3) is 5.52 Å². The molecule has 1 atom stereocenters. The van der Waals surface area contributed by atoms with Crippen molar-refractivity contribution < 1.29 is 23.7 Å². The monoisotopic (exact) mass is 373 g/mol. The third kappa shape index (κ3) is 2.99. The first kappa shape index (κ1) is 17.3. The van der Waals surface area contributed by atoms with Gasteiger partial charge in [-0.15, -0.1) is 0 Å². The number of ether oxygens (including phenoxy) is 4. The number of hydrogen-bond donors (Lipinski definition) is 1. The third-order valence-corrected chi connectivity index (χ3v) is 4.59. The second kappa shape index (κ2) is 6.92. The number of aromatic nitrogens is 3. The molecule has 1 aliphatic carbocycles. The summed E-state index contributed by atoms with van der Waals surface area (Å²) in [6.07, 6.45) is 6.08. The minimum Gasteiger partial charge on any atom is -0.490 e. The van der Waals surface area contributed by atoms with Gasteiger partial charge in [0, 0.05) is 36.9 Å². The van der Waals surface area contributed by atoms with Crippen LogP contribution in [0.4, 0.5) is 0 Å². The van der Waals surface area contributed by atoms with Gasteiger partial charge in [-0.1, -0.05) is 6.08 Å². The number of nitrogens with zero attached hydrogens (tertiary/aromatic N) is 2. The molecule has 27 heavy (non-hydrogen) atoms. The molecule has 2 aliphatic rings. The Morgan fingerprint density at radius 3 is 2.96 bits per heavy atom. The van der Waals surface area contributed by atoms with Crippen LogP contribution in [0, 0.1) is 0 Å². The van der Waals surface area contributed by atoms with E-state index < -0.39 is 5.97 Å². The molecule has 0 bridgehead atoms. The Morgan fingerprint density at radius 1 is 1.37 bits per heavy atom. The van der Waals surface area contributed by atoms with E-state index in [1.807, 2.05) is 12.2 Å². The van der Waals surface area contributed by atoms with Crippen LogP contribution >= 0.6 is 0 Å². The molecule has 9 heteroatoms. The fraction of sp³-hybridized carbons (Fsp3) is 0.389. The van der Waals surface area contributed by atoms with E-state index in [-0.39, 0.29) is 29.3 Å². The maximum Gasteiger partial charge on any atom is 0.358 e. The number of rotatable bonds is 4. The highest BCUT2D eigenvalue weighted by Crippen LogP contribution is 2.33. The molecular formula is C18H19N3O6. The van der Waals surface area contributed by atoms with Gasteiger partial charge in [0.15, 0.2) is 11.5 Å². The molecule has 0 fully saturated rings. The highest BCUT2D eigenvalue weighted by molar-refractivity contribution is 5.91. The van der Waals surface area contributed by atoms with Crippen molar-refractivity contribution in [1.82, 2.24) is 14.6 Å². The van der Waals surface area contributed by atoms with Gasteiger partial charge in [-0.05, 0) is 6.08 Å². The number of carbonyl (C=O) groups is 1. The summed E-state index contributed by atoms with van der Waals surface area (Å²) in [5.74, 6) is 0.784. The SMILES string of the molecule is COCc1c(C(=O)OC)nn2cc(C3C=CC4=C(C3)OCCO4)[nH]c(=O)c12. The second-order valence-electron chi connectivity index (χ2n) is 6.24. The standard InChI is InChI=1S/C18H19N3O6/c1-24-9-11-15(18(23)25-2)20-21-8-12(19-17(22)16(11)21)10-3-4-13-14(7-10)27-6-5-26-13/h3-4,8,10H,5-7,9H2,1-2H3,(H,19,22). The number of nitrogens with one attached hydrogen (secondary N) is 1. The lowest BCUT2D eigenvalue weighted by Gasteiger charge is -2.26. The summed E-state index contributed by atoms with van der Waals surface area (Å²) in [4.78, 5) is 27.6. The summed E-state index contributed by atoms with van der Waals surface area (Å²) in [5, 5.41) is 4.25. The molecule has 1 aliphatic heterocycles. The van der Waals surface area contributed by atoms with Crippen LogP contribution in [0.5, 0.6) is 0 Å². The van der Waals surface area contributed by atoms with Crippen molar-refractivity contribution in [2.45, 2.75) is 18.9 Å². The van der Waals surface area contributed by atoms with Crippen LogP contribution in [0.3, 0.4) is 0 Å². The molecule has 2 aromatic heterocycles. The van der Waals surface area contributed by atoms with Gasteiger partial charge >= 0.3 is 5.97 Å². The predicted octanol–water partition coefficient (Wildman–Crippen LogP) is 1.26. The van der Waals surface area contributed by atoms with E-state index in [9.17, 15) is 9.59 Å². The number of aromatic amines is 1. The van der Waals surface area contributed by atoms with Crippen molar-refractivity contribution in [3.05, 3.63) is 57.2 Å². The van der Waals surface area contributed by atoms with Gasteiger partial charge in [-0.3, -0.25) is 4.79 Å². The zero-order chi connectivity index (χ0) is 19.0. The third-order valence-electron chi connectivity index (χ3n) is 4.59. The average molecular weight is 373 g/mol. The highest BCUT2D eigenvalue weighted by Gasteiger charge is 2.26. The van der Waals surface area contributed by atoms with Gasteiger partial charge in [0.2, 0.25) is 0 Å². The number of carbonyl (C=O) groups excluding carboxylic acids is 1. The Morgan fingerprint density at radius 2 is 2.19 bits per heavy atom. The van der Waals surface area contributed by atoms with Crippen LogP contribution in [0.2, 0.25) is 0 Å². The molecule has 2 aromatic rings. The molecule has 0 saturated carbocycles. The van der Waals surface area contributed by atoms with E-state index in [2.05, 4.69) is 10.1 Å². The number of methoxy groups -OCH3 is 2. The second-order valence-corrected chi connectivity index (χ2v) is 6.24. The summed E-state index contributed by atoms with van der Waals surface area (Å²) < 4.78 is 22.5. The highest BCUT2D eigenvalue weighted by atomic mass is 16.6. The van der Waals surface area contributed by atoms with Crippen LogP contribution < -0.4 is 5.56 Å². The molecule has 9 nitrogen and oxygen atoms in total. The normalized spacial score (nSPS) is 18.8. The molecule has 1 unspecified atom stereocenters. The molecule has 0 aromatic carbocycles. The molecule has 1 N–H and O–H groups in total. The van der Waals surface area contributed by atoms with Crippen LogP contribution in [-0.2, 0) is 25.6 Å². The van der Waals surface area contributed by atoms with Crippen molar-refractivity contribution in [3.8, 4) is 0 Å². The summed E-state index contributed by atoms with van der Waals surface area (Å²) in [7, 11) is 2.75. The molecule has 0 amide bonds. The first-order chi connectivity index (χ1) is 13.1. The lowest BCUT2D eigenvalue weighted by atomic mass is 9.95. The Balaban J connectivity index is 1.76. The molecule has 142 valence electrons. The molecule has 3 heterocycles. The number of fused-ring (bicyclic) bond motifs is 1. The minimum atomic E-state index is -0.619. The van der Waals surface area contributed by atoms with E-state index in [0.29, 0.717) is 30.9 Å². The van der Waals surface area contributed by atoms with Crippen molar-refractivity contribution in [1.29, 1.82) is 0 Å². The Bertz CT molecular complexity index is 1020. The number of allylic oxidation sites excluding steroid dienone is 3. The first-order valence-corrected chi connectivity index (χ1v) is 8.51. The van der Waals surface area contributed by atoms with E-state index in [1.165, 1.54) is 18.7 Å². The van der Waals surface area contributed by atoms with Gasteiger partial charge in [-0.2, -0.15) is 5.10 Å². The smallest absolute Gasteiger partial charge is 0.358 e. The zero-order valence-corrected chi connectivity index (χ0v) is 15.0. The van der Waals surface area contributed by atoms with E-state index in [0.717, 1.165) is 11.5 Å². The van der Waals surface area contributed by atoms with E-state index >= 15 is 0 Å². The quantitative estimate of drug-likeness (QED) is 0.805. The number of H-pyrrole nitrogens is 1. The topological polar surface area (TPSA) is 104 Å². The van der Waals surface area contributed by atoms with Crippen molar-refractivity contribution >= 4 is 11.5 Å².